The highest BCUT2D eigenvalue weighted by Crippen LogP contribution is 2.26. The number of para-hydroxylation sites is 1. The maximum absolute atomic E-state index is 5.94. The van der Waals surface area contributed by atoms with Gasteiger partial charge in [-0.25, -0.2) is 0 Å². The zero-order valence-electron chi connectivity index (χ0n) is 17.5. The minimum Gasteiger partial charge on any atom is -0.326 e. The number of hydrazone groups is 1. The Kier molecular flexibility index (Phi) is 11.1. The summed E-state index contributed by atoms with van der Waals surface area (Å²) in [5, 5.41) is 6.30. The van der Waals surface area contributed by atoms with Gasteiger partial charge in [0.15, 0.2) is 0 Å². The minimum atomic E-state index is -0.0644. The molecule has 0 aromatic heterocycles. The number of unbranched alkanes of at least 4 members (excludes halogenated alkanes) is 10. The molecule has 0 fully saturated rings. The molecule has 0 saturated heterocycles. The Bertz CT molecular complexity index is 602. The lowest BCUT2D eigenvalue weighted by Gasteiger charge is -2.26. The number of nitrogens with one attached hydrogen (secondary N) is 1. The summed E-state index contributed by atoms with van der Waals surface area (Å²) in [6.45, 7) is 2.79. The van der Waals surface area contributed by atoms with Crippen LogP contribution in [0.5, 0.6) is 0 Å². The fraction of sp³-hybridized carbons (Fsp3) is 0.652. The van der Waals surface area contributed by atoms with Crippen molar-refractivity contribution in [3.05, 3.63) is 29.8 Å². The largest absolute Gasteiger partial charge is 0.326 e. The molecule has 0 aliphatic carbocycles. The van der Waals surface area contributed by atoms with Crippen molar-refractivity contribution in [3.63, 3.8) is 0 Å². The maximum Gasteiger partial charge on any atom is 0.150 e. The molecular formula is C23H38N4S. The lowest BCUT2D eigenvalue weighted by Crippen LogP contribution is -2.41. The number of benzene rings is 1. The quantitative estimate of drug-likeness (QED) is 0.283. The van der Waals surface area contributed by atoms with Gasteiger partial charge in [0.1, 0.15) is 12.0 Å². The van der Waals surface area contributed by atoms with E-state index in [1.54, 1.807) is 5.37 Å². The van der Waals surface area contributed by atoms with Gasteiger partial charge in [0.25, 0.3) is 0 Å². The molecule has 1 heterocycles. The standard InChI is InChI=1S/C23H38N4S/c1-2-3-4-5-6-7-8-9-10-11-12-17-22-25-26-23(19-28)27(22)21-16-14-13-15-20(21)18-24/h13-16,19,23,26H,2-12,17-18,24H2,1H3. The third kappa shape index (κ3) is 7.17. The molecule has 28 heavy (non-hydrogen) atoms. The molecule has 0 radical (unpaired) electrons. The first-order valence-electron chi connectivity index (χ1n) is 11.2. The summed E-state index contributed by atoms with van der Waals surface area (Å²) in [6.07, 6.45) is 15.8. The number of nitrogens with two attached hydrogens (primary N) is 1. The van der Waals surface area contributed by atoms with Crippen molar-refractivity contribution >= 4 is 29.1 Å². The van der Waals surface area contributed by atoms with Crippen LogP contribution in [0.3, 0.4) is 0 Å². The van der Waals surface area contributed by atoms with Crippen LogP contribution in [0.25, 0.3) is 0 Å². The molecule has 1 unspecified atom stereocenters. The molecule has 1 aromatic rings. The average Bonchev–Trinajstić information content (AvgIpc) is 3.14. The summed E-state index contributed by atoms with van der Waals surface area (Å²) in [5.41, 5.74) is 11.3. The Morgan fingerprint density at radius 1 is 1.00 bits per heavy atom. The van der Waals surface area contributed by atoms with Crippen molar-refractivity contribution < 1.29 is 0 Å². The maximum atomic E-state index is 5.94. The Balaban J connectivity index is 1.69. The monoisotopic (exact) mass is 402 g/mol. The van der Waals surface area contributed by atoms with Crippen molar-refractivity contribution in [2.24, 2.45) is 10.8 Å². The third-order valence-corrected chi connectivity index (χ3v) is 5.74. The summed E-state index contributed by atoms with van der Waals surface area (Å²) in [6, 6.07) is 8.26. The van der Waals surface area contributed by atoms with Crippen molar-refractivity contribution in [2.75, 3.05) is 4.90 Å². The number of hydrogen-bond acceptors (Lipinski definition) is 5. The van der Waals surface area contributed by atoms with E-state index in [9.17, 15) is 0 Å². The van der Waals surface area contributed by atoms with E-state index in [1.165, 1.54) is 70.6 Å². The number of nitrogens with zero attached hydrogens (tertiary/aromatic N) is 2. The van der Waals surface area contributed by atoms with E-state index in [2.05, 4.69) is 34.5 Å². The normalized spacial score (nSPS) is 16.1. The van der Waals surface area contributed by atoms with Crippen LogP contribution in [0.4, 0.5) is 5.69 Å². The van der Waals surface area contributed by atoms with Crippen LogP contribution in [0.2, 0.25) is 0 Å². The first kappa shape index (κ1) is 22.8. The van der Waals surface area contributed by atoms with Gasteiger partial charge in [-0.1, -0.05) is 102 Å². The zero-order chi connectivity index (χ0) is 20.0. The fourth-order valence-electron chi connectivity index (χ4n) is 3.84. The summed E-state index contributed by atoms with van der Waals surface area (Å²) in [5.74, 6) is 1.07. The fourth-order valence-corrected chi connectivity index (χ4v) is 4.02. The number of rotatable bonds is 15. The van der Waals surface area contributed by atoms with Gasteiger partial charge >= 0.3 is 0 Å². The smallest absolute Gasteiger partial charge is 0.150 e. The second kappa shape index (κ2) is 13.7. The van der Waals surface area contributed by atoms with Gasteiger partial charge in [-0.15, -0.1) is 0 Å². The molecule has 3 N–H and O–H groups in total. The predicted molar refractivity (Wildman–Crippen MR) is 126 cm³/mol. The number of hydrogen-bond donors (Lipinski definition) is 2. The molecule has 1 aliphatic heterocycles. The van der Waals surface area contributed by atoms with Gasteiger partial charge in [-0.3, -0.25) is 5.43 Å². The summed E-state index contributed by atoms with van der Waals surface area (Å²) in [7, 11) is 0. The molecular weight excluding hydrogens is 364 g/mol. The van der Waals surface area contributed by atoms with Crippen LogP contribution in [-0.2, 0) is 6.54 Å². The van der Waals surface area contributed by atoms with E-state index in [-0.39, 0.29) is 6.17 Å². The molecule has 0 spiro atoms. The molecule has 0 bridgehead atoms. The number of anilines is 1. The topological polar surface area (TPSA) is 53.7 Å². The van der Waals surface area contributed by atoms with Crippen LogP contribution >= 0.6 is 12.2 Å². The molecule has 1 aromatic carbocycles. The van der Waals surface area contributed by atoms with E-state index >= 15 is 0 Å². The number of amidine groups is 1. The Morgan fingerprint density at radius 3 is 2.21 bits per heavy atom. The Hall–Kier alpha value is -1.46. The van der Waals surface area contributed by atoms with Gasteiger partial charge < -0.3 is 10.6 Å². The molecule has 4 nitrogen and oxygen atoms in total. The average molecular weight is 403 g/mol. The van der Waals surface area contributed by atoms with E-state index in [0.717, 1.165) is 23.5 Å². The highest BCUT2D eigenvalue weighted by Gasteiger charge is 2.28. The van der Waals surface area contributed by atoms with E-state index in [1.807, 2.05) is 12.1 Å². The van der Waals surface area contributed by atoms with Gasteiger partial charge in [-0.2, -0.15) is 5.10 Å². The molecule has 2 rings (SSSR count). The minimum absolute atomic E-state index is 0.0644. The SMILES string of the molecule is CCCCCCCCCCCCCC1=NNC(C=S)N1c1ccccc1CN. The molecule has 0 saturated carbocycles. The second-order valence-electron chi connectivity index (χ2n) is 7.73. The molecule has 1 atom stereocenters. The third-order valence-electron chi connectivity index (χ3n) is 5.49. The Labute approximate surface area is 177 Å². The Morgan fingerprint density at radius 2 is 1.61 bits per heavy atom. The first-order valence-corrected chi connectivity index (χ1v) is 11.6. The van der Waals surface area contributed by atoms with E-state index in [4.69, 9.17) is 18.0 Å². The second-order valence-corrected chi connectivity index (χ2v) is 8.00. The molecule has 156 valence electrons. The van der Waals surface area contributed by atoms with Crippen molar-refractivity contribution in [3.8, 4) is 0 Å². The van der Waals surface area contributed by atoms with Crippen LogP contribution < -0.4 is 16.1 Å². The first-order chi connectivity index (χ1) is 13.8. The van der Waals surface area contributed by atoms with E-state index in [0.29, 0.717) is 6.54 Å². The molecule has 0 amide bonds. The lowest BCUT2D eigenvalue weighted by molar-refractivity contribution is 0.551. The summed E-state index contributed by atoms with van der Waals surface area (Å²) >= 11 is 5.22. The van der Waals surface area contributed by atoms with Gasteiger partial charge in [-0.05, 0) is 18.1 Å². The van der Waals surface area contributed by atoms with E-state index < -0.39 is 0 Å². The van der Waals surface area contributed by atoms with Crippen molar-refractivity contribution in [1.29, 1.82) is 0 Å². The van der Waals surface area contributed by atoms with Crippen molar-refractivity contribution in [2.45, 2.75) is 96.7 Å². The highest BCUT2D eigenvalue weighted by atomic mass is 32.1. The molecule has 5 heteroatoms. The van der Waals surface area contributed by atoms with Crippen LogP contribution in [0.15, 0.2) is 29.4 Å². The summed E-state index contributed by atoms with van der Waals surface area (Å²) in [4.78, 5) is 2.21. The number of thiocarbonyl (C=S) groups is 1. The van der Waals surface area contributed by atoms with Crippen LogP contribution in [0.1, 0.15) is 89.5 Å². The van der Waals surface area contributed by atoms with Crippen LogP contribution in [-0.4, -0.2) is 17.4 Å². The zero-order valence-corrected chi connectivity index (χ0v) is 18.4. The van der Waals surface area contributed by atoms with Gasteiger partial charge in [0.2, 0.25) is 0 Å². The lowest BCUT2D eigenvalue weighted by atomic mass is 10.0. The van der Waals surface area contributed by atoms with Crippen molar-refractivity contribution in [1.82, 2.24) is 5.43 Å². The van der Waals surface area contributed by atoms with Gasteiger partial charge in [0, 0.05) is 24.0 Å². The predicted octanol–water partition coefficient (Wildman–Crippen LogP) is 5.90. The summed E-state index contributed by atoms with van der Waals surface area (Å²) < 4.78 is 0. The molecule has 1 aliphatic rings. The van der Waals surface area contributed by atoms with Crippen LogP contribution in [0, 0.1) is 0 Å². The van der Waals surface area contributed by atoms with Gasteiger partial charge in [0.05, 0.1) is 0 Å². The highest BCUT2D eigenvalue weighted by molar-refractivity contribution is 7.79.